The summed E-state index contributed by atoms with van der Waals surface area (Å²) in [5, 5.41) is 13.9. The fourth-order valence-corrected chi connectivity index (χ4v) is 1.97. The van der Waals surface area contributed by atoms with Crippen molar-refractivity contribution in [3.63, 3.8) is 0 Å². The first-order valence-corrected chi connectivity index (χ1v) is 6.18. The molecule has 2 heterocycles. The molecule has 5 nitrogen and oxygen atoms in total. The van der Waals surface area contributed by atoms with E-state index in [0.29, 0.717) is 6.54 Å². The van der Waals surface area contributed by atoms with Crippen molar-refractivity contribution in [2.75, 3.05) is 5.32 Å². The zero-order valence-corrected chi connectivity index (χ0v) is 10.9. The molecule has 20 heavy (non-hydrogen) atoms. The molecule has 102 valence electrons. The van der Waals surface area contributed by atoms with Gasteiger partial charge in [-0.3, -0.25) is 5.10 Å². The standard InChI is InChI=1S/C14H13FN4O/c1-9-12(8-16-13-6-7-17-18-13)14(19-20-9)10-2-4-11(15)5-3-10/h2-7H,8H2,1H3,(H2,16,17,18). The van der Waals surface area contributed by atoms with Gasteiger partial charge in [0.2, 0.25) is 0 Å². The summed E-state index contributed by atoms with van der Waals surface area (Å²) in [6, 6.07) is 8.02. The van der Waals surface area contributed by atoms with Gasteiger partial charge in [0.05, 0.1) is 6.20 Å². The molecule has 3 rings (SSSR count). The maximum Gasteiger partial charge on any atom is 0.139 e. The largest absolute Gasteiger partial charge is 0.366 e. The summed E-state index contributed by atoms with van der Waals surface area (Å²) in [4.78, 5) is 0. The number of nitrogens with one attached hydrogen (secondary N) is 2. The molecule has 0 radical (unpaired) electrons. The zero-order chi connectivity index (χ0) is 13.9. The van der Waals surface area contributed by atoms with Crippen LogP contribution in [-0.4, -0.2) is 15.4 Å². The fraction of sp³-hybridized carbons (Fsp3) is 0.143. The van der Waals surface area contributed by atoms with Gasteiger partial charge in [-0.2, -0.15) is 5.10 Å². The van der Waals surface area contributed by atoms with Crippen molar-refractivity contribution in [3.05, 3.63) is 53.7 Å². The van der Waals surface area contributed by atoms with Crippen LogP contribution in [0, 0.1) is 12.7 Å². The first-order chi connectivity index (χ1) is 9.74. The molecule has 0 aliphatic carbocycles. The van der Waals surface area contributed by atoms with E-state index >= 15 is 0 Å². The molecule has 0 atom stereocenters. The van der Waals surface area contributed by atoms with E-state index in [4.69, 9.17) is 4.52 Å². The number of halogens is 1. The van der Waals surface area contributed by atoms with Crippen LogP contribution in [0.3, 0.4) is 0 Å². The van der Waals surface area contributed by atoms with E-state index < -0.39 is 0 Å². The van der Waals surface area contributed by atoms with Crippen LogP contribution < -0.4 is 5.32 Å². The van der Waals surface area contributed by atoms with Crippen LogP contribution in [0.15, 0.2) is 41.1 Å². The van der Waals surface area contributed by atoms with Crippen LogP contribution >= 0.6 is 0 Å². The Hall–Kier alpha value is -2.63. The van der Waals surface area contributed by atoms with Gasteiger partial charge in [-0.15, -0.1) is 0 Å². The number of rotatable bonds is 4. The summed E-state index contributed by atoms with van der Waals surface area (Å²) in [6.07, 6.45) is 1.67. The predicted molar refractivity (Wildman–Crippen MR) is 72.5 cm³/mol. The third-order valence-corrected chi connectivity index (χ3v) is 3.06. The highest BCUT2D eigenvalue weighted by atomic mass is 19.1. The van der Waals surface area contributed by atoms with Crippen molar-refractivity contribution < 1.29 is 8.91 Å². The number of H-pyrrole nitrogens is 1. The lowest BCUT2D eigenvalue weighted by Gasteiger charge is -2.04. The molecule has 0 aliphatic rings. The second-order valence-corrected chi connectivity index (χ2v) is 4.40. The van der Waals surface area contributed by atoms with Crippen LogP contribution in [0.4, 0.5) is 10.2 Å². The zero-order valence-electron chi connectivity index (χ0n) is 10.9. The summed E-state index contributed by atoms with van der Waals surface area (Å²) in [5.41, 5.74) is 2.48. The molecule has 0 fully saturated rings. The average Bonchev–Trinajstić information content (AvgIpc) is 3.07. The number of nitrogens with zero attached hydrogens (tertiary/aromatic N) is 2. The molecular formula is C14H13FN4O. The van der Waals surface area contributed by atoms with Crippen LogP contribution in [0.25, 0.3) is 11.3 Å². The highest BCUT2D eigenvalue weighted by Gasteiger charge is 2.14. The molecule has 3 aromatic rings. The Morgan fingerprint density at radius 3 is 2.75 bits per heavy atom. The molecule has 0 spiro atoms. The monoisotopic (exact) mass is 272 g/mol. The molecular weight excluding hydrogens is 259 g/mol. The molecule has 1 aromatic carbocycles. The van der Waals surface area contributed by atoms with Crippen molar-refractivity contribution in [3.8, 4) is 11.3 Å². The summed E-state index contributed by atoms with van der Waals surface area (Å²) >= 11 is 0. The number of benzene rings is 1. The molecule has 0 unspecified atom stereocenters. The summed E-state index contributed by atoms with van der Waals surface area (Å²) in [6.45, 7) is 2.40. The van der Waals surface area contributed by atoms with Crippen LogP contribution in [0.2, 0.25) is 0 Å². The number of aromatic amines is 1. The summed E-state index contributed by atoms with van der Waals surface area (Å²) in [5.74, 6) is 1.28. The molecule has 0 amide bonds. The lowest BCUT2D eigenvalue weighted by atomic mass is 10.1. The van der Waals surface area contributed by atoms with Gasteiger partial charge in [0.25, 0.3) is 0 Å². The van der Waals surface area contributed by atoms with E-state index in [1.807, 2.05) is 13.0 Å². The van der Waals surface area contributed by atoms with E-state index in [0.717, 1.165) is 28.4 Å². The van der Waals surface area contributed by atoms with E-state index in [9.17, 15) is 4.39 Å². The summed E-state index contributed by atoms with van der Waals surface area (Å²) in [7, 11) is 0. The minimum absolute atomic E-state index is 0.272. The minimum Gasteiger partial charge on any atom is -0.366 e. The molecule has 0 bridgehead atoms. The highest BCUT2D eigenvalue weighted by Crippen LogP contribution is 2.26. The van der Waals surface area contributed by atoms with E-state index in [1.165, 1.54) is 12.1 Å². The van der Waals surface area contributed by atoms with Crippen molar-refractivity contribution >= 4 is 5.82 Å². The highest BCUT2D eigenvalue weighted by molar-refractivity contribution is 5.63. The molecule has 6 heteroatoms. The van der Waals surface area contributed by atoms with Gasteiger partial charge >= 0.3 is 0 Å². The second kappa shape index (κ2) is 5.16. The van der Waals surface area contributed by atoms with Crippen LogP contribution in [-0.2, 0) is 6.54 Å². The van der Waals surface area contributed by atoms with Gasteiger partial charge in [0.1, 0.15) is 23.1 Å². The third kappa shape index (κ3) is 2.40. The van der Waals surface area contributed by atoms with E-state index in [2.05, 4.69) is 20.7 Å². The molecule has 0 saturated carbocycles. The van der Waals surface area contributed by atoms with Gasteiger partial charge in [0, 0.05) is 17.7 Å². The Bertz CT molecular complexity index is 689. The number of aryl methyl sites for hydroxylation is 1. The number of aromatic nitrogens is 3. The molecule has 0 aliphatic heterocycles. The van der Waals surface area contributed by atoms with Gasteiger partial charge in [-0.25, -0.2) is 4.39 Å². The predicted octanol–water partition coefficient (Wildman–Crippen LogP) is 3.12. The number of anilines is 1. The maximum atomic E-state index is 13.0. The van der Waals surface area contributed by atoms with Gasteiger partial charge in [0.15, 0.2) is 0 Å². The van der Waals surface area contributed by atoms with E-state index in [1.54, 1.807) is 18.3 Å². The van der Waals surface area contributed by atoms with Gasteiger partial charge < -0.3 is 9.84 Å². The molecule has 2 N–H and O–H groups in total. The lowest BCUT2D eigenvalue weighted by molar-refractivity contribution is 0.398. The first-order valence-electron chi connectivity index (χ1n) is 6.18. The molecule has 0 saturated heterocycles. The Kier molecular flexibility index (Phi) is 3.20. The third-order valence-electron chi connectivity index (χ3n) is 3.06. The Labute approximate surface area is 114 Å². The SMILES string of the molecule is Cc1onc(-c2ccc(F)cc2)c1CNc1ccn[nH]1. The van der Waals surface area contributed by atoms with Crippen molar-refractivity contribution in [2.45, 2.75) is 13.5 Å². The second-order valence-electron chi connectivity index (χ2n) is 4.40. The molecule has 2 aromatic heterocycles. The van der Waals surface area contributed by atoms with Crippen molar-refractivity contribution in [1.82, 2.24) is 15.4 Å². The van der Waals surface area contributed by atoms with E-state index in [-0.39, 0.29) is 5.82 Å². The summed E-state index contributed by atoms with van der Waals surface area (Å²) < 4.78 is 18.2. The topological polar surface area (TPSA) is 66.7 Å². The smallest absolute Gasteiger partial charge is 0.139 e. The van der Waals surface area contributed by atoms with Crippen LogP contribution in [0.1, 0.15) is 11.3 Å². The fourth-order valence-electron chi connectivity index (χ4n) is 1.97. The Morgan fingerprint density at radius 2 is 2.05 bits per heavy atom. The van der Waals surface area contributed by atoms with Gasteiger partial charge in [-0.05, 0) is 37.3 Å². The number of hydrogen-bond donors (Lipinski definition) is 2. The Balaban J connectivity index is 1.87. The lowest BCUT2D eigenvalue weighted by Crippen LogP contribution is -2.01. The van der Waals surface area contributed by atoms with Gasteiger partial charge in [-0.1, -0.05) is 5.16 Å². The minimum atomic E-state index is -0.272. The number of hydrogen-bond acceptors (Lipinski definition) is 4. The van der Waals surface area contributed by atoms with Crippen molar-refractivity contribution in [2.24, 2.45) is 0 Å². The first kappa shape index (κ1) is 12.4. The maximum absolute atomic E-state index is 13.0. The Morgan fingerprint density at radius 1 is 1.25 bits per heavy atom. The van der Waals surface area contributed by atoms with Crippen molar-refractivity contribution in [1.29, 1.82) is 0 Å². The quantitative estimate of drug-likeness (QED) is 0.765. The van der Waals surface area contributed by atoms with Crippen LogP contribution in [0.5, 0.6) is 0 Å². The normalized spacial score (nSPS) is 10.7. The average molecular weight is 272 g/mol.